The van der Waals surface area contributed by atoms with Gasteiger partial charge in [-0.1, -0.05) is 12.1 Å². The van der Waals surface area contributed by atoms with Crippen molar-refractivity contribution in [3.05, 3.63) is 29.8 Å². The lowest BCUT2D eigenvalue weighted by atomic mass is 10.2. The summed E-state index contributed by atoms with van der Waals surface area (Å²) < 4.78 is 5.57. The Hall–Kier alpha value is -2.28. The van der Waals surface area contributed by atoms with Crippen molar-refractivity contribution in [2.24, 2.45) is 4.99 Å². The molecule has 0 heterocycles. The normalized spacial score (nSPS) is 11.9. The average molecular weight is 392 g/mol. The number of guanidine groups is 1. The SMILES string of the molecule is CN=C(NCCN(C(C)C)C(C)C)NCc1cccc(OCC(=O)N(C)C)c1. The van der Waals surface area contributed by atoms with Crippen LogP contribution in [-0.2, 0) is 11.3 Å². The van der Waals surface area contributed by atoms with Crippen molar-refractivity contribution in [1.29, 1.82) is 0 Å². The van der Waals surface area contributed by atoms with Gasteiger partial charge in [0.05, 0.1) is 0 Å². The van der Waals surface area contributed by atoms with Gasteiger partial charge >= 0.3 is 0 Å². The third-order valence-electron chi connectivity index (χ3n) is 4.43. The molecule has 1 rings (SSSR count). The Morgan fingerprint density at radius 3 is 2.39 bits per heavy atom. The molecule has 0 saturated carbocycles. The smallest absolute Gasteiger partial charge is 0.259 e. The van der Waals surface area contributed by atoms with Gasteiger partial charge < -0.3 is 20.3 Å². The number of rotatable bonds is 10. The van der Waals surface area contributed by atoms with E-state index in [2.05, 4.69) is 48.2 Å². The van der Waals surface area contributed by atoms with Gasteiger partial charge in [-0.15, -0.1) is 0 Å². The molecule has 0 bridgehead atoms. The van der Waals surface area contributed by atoms with E-state index in [-0.39, 0.29) is 12.5 Å². The summed E-state index contributed by atoms with van der Waals surface area (Å²) in [6.45, 7) is 11.3. The summed E-state index contributed by atoms with van der Waals surface area (Å²) in [4.78, 5) is 19.9. The molecule has 7 nitrogen and oxygen atoms in total. The summed E-state index contributed by atoms with van der Waals surface area (Å²) in [5, 5.41) is 6.68. The Kier molecular flexibility index (Phi) is 10.4. The molecule has 0 aromatic heterocycles. The Labute approximate surface area is 170 Å². The minimum absolute atomic E-state index is 0.0370. The number of amides is 1. The number of carbonyl (C=O) groups excluding carboxylic acids is 1. The van der Waals surface area contributed by atoms with Gasteiger partial charge in [-0.05, 0) is 45.4 Å². The second-order valence-electron chi connectivity index (χ2n) is 7.50. The van der Waals surface area contributed by atoms with Gasteiger partial charge in [0.2, 0.25) is 0 Å². The molecule has 158 valence electrons. The van der Waals surface area contributed by atoms with Crippen LogP contribution in [0.3, 0.4) is 0 Å². The summed E-state index contributed by atoms with van der Waals surface area (Å²) in [7, 11) is 5.20. The molecule has 0 radical (unpaired) electrons. The maximum absolute atomic E-state index is 11.6. The number of nitrogens with one attached hydrogen (secondary N) is 2. The third kappa shape index (κ3) is 8.61. The van der Waals surface area contributed by atoms with Gasteiger partial charge in [0, 0.05) is 52.9 Å². The fourth-order valence-corrected chi connectivity index (χ4v) is 2.84. The Balaban J connectivity index is 2.49. The number of aliphatic imine (C=N–C) groups is 1. The molecule has 2 N–H and O–H groups in total. The molecule has 0 aliphatic rings. The number of nitrogens with zero attached hydrogens (tertiary/aromatic N) is 3. The van der Waals surface area contributed by atoms with Gasteiger partial charge in [0.15, 0.2) is 12.6 Å². The van der Waals surface area contributed by atoms with Crippen molar-refractivity contribution in [2.75, 3.05) is 40.8 Å². The molecule has 0 atom stereocenters. The standard InChI is InChI=1S/C21H37N5O2/c1-16(2)26(17(3)4)12-11-23-21(22-5)24-14-18-9-8-10-19(13-18)28-15-20(27)25(6)7/h8-10,13,16-17H,11-12,14-15H2,1-7H3,(H2,22,23,24). The highest BCUT2D eigenvalue weighted by atomic mass is 16.5. The second kappa shape index (κ2) is 12.2. The number of carbonyl (C=O) groups is 1. The van der Waals surface area contributed by atoms with Crippen LogP contribution in [0.2, 0.25) is 0 Å². The summed E-state index contributed by atoms with van der Waals surface area (Å²) in [5.41, 5.74) is 1.06. The van der Waals surface area contributed by atoms with Crippen LogP contribution in [-0.4, -0.2) is 74.6 Å². The molecule has 1 aromatic rings. The molecule has 1 aromatic carbocycles. The first-order valence-electron chi connectivity index (χ1n) is 9.86. The van der Waals surface area contributed by atoms with Crippen LogP contribution in [0.1, 0.15) is 33.3 Å². The van der Waals surface area contributed by atoms with E-state index in [9.17, 15) is 4.79 Å². The number of hydrogen-bond donors (Lipinski definition) is 2. The Morgan fingerprint density at radius 2 is 1.82 bits per heavy atom. The molecular weight excluding hydrogens is 354 g/mol. The number of benzene rings is 1. The van der Waals surface area contributed by atoms with E-state index in [1.807, 2.05) is 24.3 Å². The second-order valence-corrected chi connectivity index (χ2v) is 7.50. The number of hydrogen-bond acceptors (Lipinski definition) is 4. The summed E-state index contributed by atoms with van der Waals surface area (Å²) in [6.07, 6.45) is 0. The van der Waals surface area contributed by atoms with E-state index >= 15 is 0 Å². The van der Waals surface area contributed by atoms with E-state index in [0.29, 0.717) is 24.4 Å². The van der Waals surface area contributed by atoms with Crippen LogP contribution in [0.4, 0.5) is 0 Å². The maximum Gasteiger partial charge on any atom is 0.259 e. The van der Waals surface area contributed by atoms with E-state index in [0.717, 1.165) is 24.6 Å². The molecule has 7 heteroatoms. The molecule has 0 unspecified atom stereocenters. The monoisotopic (exact) mass is 391 g/mol. The average Bonchev–Trinajstić information content (AvgIpc) is 2.65. The molecule has 0 fully saturated rings. The van der Waals surface area contributed by atoms with Crippen LogP contribution in [0.15, 0.2) is 29.3 Å². The fourth-order valence-electron chi connectivity index (χ4n) is 2.84. The minimum Gasteiger partial charge on any atom is -0.484 e. The van der Waals surface area contributed by atoms with E-state index in [1.54, 1.807) is 21.1 Å². The van der Waals surface area contributed by atoms with Crippen LogP contribution in [0, 0.1) is 0 Å². The molecule has 1 amide bonds. The highest BCUT2D eigenvalue weighted by Gasteiger charge is 2.12. The van der Waals surface area contributed by atoms with Crippen LogP contribution < -0.4 is 15.4 Å². The van der Waals surface area contributed by atoms with Crippen LogP contribution in [0.25, 0.3) is 0 Å². The molecule has 0 aliphatic heterocycles. The highest BCUT2D eigenvalue weighted by Crippen LogP contribution is 2.13. The van der Waals surface area contributed by atoms with Crippen molar-refractivity contribution in [1.82, 2.24) is 20.4 Å². The largest absolute Gasteiger partial charge is 0.484 e. The van der Waals surface area contributed by atoms with Crippen LogP contribution in [0.5, 0.6) is 5.75 Å². The first kappa shape index (κ1) is 23.8. The summed E-state index contributed by atoms with van der Waals surface area (Å²) in [5.74, 6) is 1.38. The van der Waals surface area contributed by atoms with Crippen LogP contribution >= 0.6 is 0 Å². The molecule has 0 saturated heterocycles. The fraction of sp³-hybridized carbons (Fsp3) is 0.619. The first-order chi connectivity index (χ1) is 13.2. The first-order valence-corrected chi connectivity index (χ1v) is 9.86. The number of likely N-dealkylation sites (N-methyl/N-ethyl adjacent to an activating group) is 1. The zero-order valence-electron chi connectivity index (χ0n) is 18.5. The lowest BCUT2D eigenvalue weighted by molar-refractivity contribution is -0.130. The van der Waals surface area contributed by atoms with Crippen molar-refractivity contribution in [2.45, 2.75) is 46.3 Å². The topological polar surface area (TPSA) is 69.2 Å². The van der Waals surface area contributed by atoms with E-state index in [4.69, 9.17) is 4.74 Å². The van der Waals surface area contributed by atoms with Gasteiger partial charge in [-0.2, -0.15) is 0 Å². The van der Waals surface area contributed by atoms with E-state index in [1.165, 1.54) is 4.90 Å². The van der Waals surface area contributed by atoms with Gasteiger partial charge in [-0.25, -0.2) is 0 Å². The summed E-state index contributed by atoms with van der Waals surface area (Å²) >= 11 is 0. The molecule has 0 aliphatic carbocycles. The summed E-state index contributed by atoms with van der Waals surface area (Å²) in [6, 6.07) is 8.75. The minimum atomic E-state index is -0.0648. The molecular formula is C21H37N5O2. The van der Waals surface area contributed by atoms with Gasteiger partial charge in [-0.3, -0.25) is 14.7 Å². The highest BCUT2D eigenvalue weighted by molar-refractivity contribution is 5.79. The Bertz CT molecular complexity index is 621. The zero-order valence-corrected chi connectivity index (χ0v) is 18.5. The maximum atomic E-state index is 11.6. The predicted molar refractivity (Wildman–Crippen MR) is 116 cm³/mol. The quantitative estimate of drug-likeness (QED) is 0.471. The third-order valence-corrected chi connectivity index (χ3v) is 4.43. The van der Waals surface area contributed by atoms with E-state index < -0.39 is 0 Å². The Morgan fingerprint density at radius 1 is 1.14 bits per heavy atom. The van der Waals surface area contributed by atoms with Crippen molar-refractivity contribution < 1.29 is 9.53 Å². The molecule has 0 spiro atoms. The lowest BCUT2D eigenvalue weighted by Crippen LogP contribution is -2.45. The van der Waals surface area contributed by atoms with Crippen molar-refractivity contribution >= 4 is 11.9 Å². The van der Waals surface area contributed by atoms with Crippen molar-refractivity contribution in [3.63, 3.8) is 0 Å². The van der Waals surface area contributed by atoms with Crippen molar-refractivity contribution in [3.8, 4) is 5.75 Å². The molecule has 28 heavy (non-hydrogen) atoms. The van der Waals surface area contributed by atoms with Gasteiger partial charge in [0.1, 0.15) is 5.75 Å². The van der Waals surface area contributed by atoms with Gasteiger partial charge in [0.25, 0.3) is 5.91 Å². The predicted octanol–water partition coefficient (Wildman–Crippen LogP) is 1.94. The zero-order chi connectivity index (χ0) is 21.1. The number of ether oxygens (including phenoxy) is 1. The lowest BCUT2D eigenvalue weighted by Gasteiger charge is -2.30.